The molecule has 0 radical (unpaired) electrons. The number of nitrogens with zero attached hydrogens (tertiary/aromatic N) is 2. The number of halogens is 3. The molecule has 0 atom stereocenters. The van der Waals surface area contributed by atoms with E-state index in [0.29, 0.717) is 18.0 Å². The summed E-state index contributed by atoms with van der Waals surface area (Å²) in [6.45, 7) is 4.93. The van der Waals surface area contributed by atoms with Crippen molar-refractivity contribution >= 4 is 28.8 Å². The van der Waals surface area contributed by atoms with Crippen molar-refractivity contribution in [2.24, 2.45) is 5.73 Å². The Labute approximate surface area is 166 Å². The molecule has 0 aliphatic carbocycles. The molecule has 0 aromatic heterocycles. The molecular weight excluding hydrogens is 385 g/mol. The van der Waals surface area contributed by atoms with Gasteiger partial charge in [0.05, 0.1) is 16.9 Å². The number of piperazine rings is 1. The van der Waals surface area contributed by atoms with Gasteiger partial charge < -0.3 is 20.9 Å². The molecule has 0 amide bonds. The zero-order valence-electron chi connectivity index (χ0n) is 15.4. The monoisotopic (exact) mass is 408 g/mol. The molecule has 1 saturated heterocycles. The van der Waals surface area contributed by atoms with Gasteiger partial charge in [-0.1, -0.05) is 11.8 Å². The largest absolute Gasteiger partial charge is 0.416 e. The average Bonchev–Trinajstić information content (AvgIpc) is 2.70. The van der Waals surface area contributed by atoms with E-state index in [1.54, 1.807) is 6.07 Å². The highest BCUT2D eigenvalue weighted by atomic mass is 32.2. The summed E-state index contributed by atoms with van der Waals surface area (Å²) in [6, 6.07) is 10.3. The van der Waals surface area contributed by atoms with Gasteiger partial charge in [0.1, 0.15) is 0 Å². The minimum Gasteiger partial charge on any atom is -0.369 e. The second-order valence-corrected chi connectivity index (χ2v) is 8.05. The number of hydrogen-bond acceptors (Lipinski definition) is 5. The molecule has 1 fully saturated rings. The first-order chi connectivity index (χ1) is 13.5. The molecule has 28 heavy (non-hydrogen) atoms. The molecule has 0 unspecified atom stereocenters. The first-order valence-electron chi connectivity index (χ1n) is 9.44. The highest BCUT2D eigenvalue weighted by Crippen LogP contribution is 2.50. The van der Waals surface area contributed by atoms with Gasteiger partial charge in [-0.2, -0.15) is 13.2 Å². The van der Waals surface area contributed by atoms with Gasteiger partial charge in [-0.3, -0.25) is 0 Å². The lowest BCUT2D eigenvalue weighted by Crippen LogP contribution is -2.43. The third-order valence-corrected chi connectivity index (χ3v) is 6.19. The lowest BCUT2D eigenvalue weighted by molar-refractivity contribution is -0.137. The van der Waals surface area contributed by atoms with E-state index in [9.17, 15) is 13.2 Å². The van der Waals surface area contributed by atoms with Crippen molar-refractivity contribution in [1.29, 1.82) is 0 Å². The Balaban J connectivity index is 1.72. The molecule has 2 aliphatic rings. The van der Waals surface area contributed by atoms with Crippen LogP contribution in [0.5, 0.6) is 0 Å². The summed E-state index contributed by atoms with van der Waals surface area (Å²) in [5.74, 6) is 0. The molecule has 0 saturated carbocycles. The van der Waals surface area contributed by atoms with Crippen molar-refractivity contribution in [3.63, 3.8) is 0 Å². The zero-order chi connectivity index (χ0) is 19.7. The van der Waals surface area contributed by atoms with Gasteiger partial charge in [0, 0.05) is 48.2 Å². The number of fused-ring (bicyclic) bond motifs is 2. The van der Waals surface area contributed by atoms with E-state index in [-0.39, 0.29) is 0 Å². The van der Waals surface area contributed by atoms with E-state index in [1.165, 1.54) is 17.8 Å². The topological polar surface area (TPSA) is 44.5 Å². The second-order valence-electron chi connectivity index (χ2n) is 6.97. The van der Waals surface area contributed by atoms with Crippen molar-refractivity contribution < 1.29 is 13.2 Å². The first-order valence-corrected chi connectivity index (χ1v) is 10.3. The van der Waals surface area contributed by atoms with Gasteiger partial charge in [-0.25, -0.2) is 0 Å². The van der Waals surface area contributed by atoms with E-state index in [0.717, 1.165) is 60.6 Å². The summed E-state index contributed by atoms with van der Waals surface area (Å²) in [5, 5.41) is 3.34. The maximum Gasteiger partial charge on any atom is 0.416 e. The zero-order valence-corrected chi connectivity index (χ0v) is 16.2. The molecule has 0 bridgehead atoms. The molecule has 8 heteroatoms. The third-order valence-electron chi connectivity index (χ3n) is 5.10. The molecule has 0 spiro atoms. The summed E-state index contributed by atoms with van der Waals surface area (Å²) in [6.07, 6.45) is -3.58. The lowest BCUT2D eigenvalue weighted by Gasteiger charge is -2.35. The van der Waals surface area contributed by atoms with Crippen LogP contribution in [0.25, 0.3) is 0 Å². The molecule has 2 aliphatic heterocycles. The van der Waals surface area contributed by atoms with Crippen LogP contribution < -0.4 is 20.9 Å². The second kappa shape index (κ2) is 7.85. The average molecular weight is 408 g/mol. The van der Waals surface area contributed by atoms with Crippen LogP contribution in [-0.2, 0) is 6.18 Å². The van der Waals surface area contributed by atoms with Crippen molar-refractivity contribution in [2.45, 2.75) is 22.4 Å². The van der Waals surface area contributed by atoms with Crippen LogP contribution in [0.2, 0.25) is 0 Å². The molecule has 4 rings (SSSR count). The van der Waals surface area contributed by atoms with Gasteiger partial charge in [-0.15, -0.1) is 0 Å². The number of anilines is 3. The number of nitrogens with two attached hydrogens (primary N) is 1. The summed E-state index contributed by atoms with van der Waals surface area (Å²) < 4.78 is 39.6. The minimum absolute atomic E-state index is 0.536. The Hall–Kier alpha value is -1.90. The van der Waals surface area contributed by atoms with Crippen LogP contribution in [0.3, 0.4) is 0 Å². The molecule has 2 heterocycles. The Kier molecular flexibility index (Phi) is 5.44. The number of rotatable bonds is 4. The van der Waals surface area contributed by atoms with Crippen LogP contribution in [0.4, 0.5) is 30.2 Å². The van der Waals surface area contributed by atoms with E-state index < -0.39 is 11.7 Å². The van der Waals surface area contributed by atoms with Crippen molar-refractivity contribution in [1.82, 2.24) is 5.32 Å². The molecule has 2 aromatic carbocycles. The van der Waals surface area contributed by atoms with Gasteiger partial charge in [0.15, 0.2) is 0 Å². The quantitative estimate of drug-likeness (QED) is 0.799. The number of alkyl halides is 3. The number of hydrogen-bond donors (Lipinski definition) is 2. The van der Waals surface area contributed by atoms with Gasteiger partial charge >= 0.3 is 6.18 Å². The van der Waals surface area contributed by atoms with Crippen molar-refractivity contribution in [3.8, 4) is 0 Å². The summed E-state index contributed by atoms with van der Waals surface area (Å²) >= 11 is 1.41. The summed E-state index contributed by atoms with van der Waals surface area (Å²) in [7, 11) is 0. The van der Waals surface area contributed by atoms with Crippen LogP contribution in [0.15, 0.2) is 46.2 Å². The minimum atomic E-state index is -4.35. The standard InChI is InChI=1S/C20H23F3N4S/c21-20(22,23)14-2-4-16-18(12-14)28-19-13-15(26-10-7-25-8-11-26)3-5-17(19)27(16)9-1-6-24/h2-5,12-13,25H,1,6-11,24H2. The highest BCUT2D eigenvalue weighted by molar-refractivity contribution is 7.99. The normalized spacial score (nSPS) is 16.7. The molecule has 2 aromatic rings. The fraction of sp³-hybridized carbons (Fsp3) is 0.400. The van der Waals surface area contributed by atoms with Crippen molar-refractivity contribution in [3.05, 3.63) is 42.0 Å². The maximum absolute atomic E-state index is 13.2. The Morgan fingerprint density at radius 2 is 1.68 bits per heavy atom. The number of benzene rings is 2. The van der Waals surface area contributed by atoms with E-state index >= 15 is 0 Å². The van der Waals surface area contributed by atoms with Gasteiger partial charge in [0.2, 0.25) is 0 Å². The molecular formula is C20H23F3N4S. The van der Waals surface area contributed by atoms with E-state index in [2.05, 4.69) is 33.3 Å². The number of nitrogens with one attached hydrogen (secondary N) is 1. The Morgan fingerprint density at radius 3 is 2.36 bits per heavy atom. The lowest BCUT2D eigenvalue weighted by atomic mass is 10.1. The summed E-state index contributed by atoms with van der Waals surface area (Å²) in [4.78, 5) is 6.02. The van der Waals surface area contributed by atoms with E-state index in [4.69, 9.17) is 5.73 Å². The predicted molar refractivity (Wildman–Crippen MR) is 108 cm³/mol. The fourth-order valence-electron chi connectivity index (χ4n) is 3.66. The van der Waals surface area contributed by atoms with Crippen molar-refractivity contribution in [2.75, 3.05) is 49.1 Å². The Morgan fingerprint density at radius 1 is 1.00 bits per heavy atom. The molecule has 3 N–H and O–H groups in total. The SMILES string of the molecule is NCCCN1c2ccc(N3CCNCC3)cc2Sc2cc(C(F)(F)F)ccc21. The van der Waals surface area contributed by atoms with Crippen LogP contribution in [0.1, 0.15) is 12.0 Å². The fourth-order valence-corrected chi connectivity index (χ4v) is 4.83. The first kappa shape index (κ1) is 19.4. The third kappa shape index (κ3) is 3.81. The smallest absolute Gasteiger partial charge is 0.369 e. The predicted octanol–water partition coefficient (Wildman–Crippen LogP) is 4.07. The van der Waals surface area contributed by atoms with E-state index in [1.807, 2.05) is 0 Å². The highest BCUT2D eigenvalue weighted by Gasteiger charge is 2.33. The van der Waals surface area contributed by atoms with Crippen LogP contribution >= 0.6 is 11.8 Å². The molecule has 4 nitrogen and oxygen atoms in total. The van der Waals surface area contributed by atoms with Crippen LogP contribution in [0, 0.1) is 0 Å². The van der Waals surface area contributed by atoms with Gasteiger partial charge in [-0.05, 0) is 49.4 Å². The van der Waals surface area contributed by atoms with Crippen LogP contribution in [-0.4, -0.2) is 39.3 Å². The maximum atomic E-state index is 13.2. The molecule has 150 valence electrons. The summed E-state index contributed by atoms with van der Waals surface area (Å²) in [5.41, 5.74) is 8.04. The van der Waals surface area contributed by atoms with Gasteiger partial charge in [0.25, 0.3) is 0 Å². The Bertz CT molecular complexity index is 850.